The van der Waals surface area contributed by atoms with Gasteiger partial charge in [0, 0.05) is 47.1 Å². The van der Waals surface area contributed by atoms with Gasteiger partial charge in [0.2, 0.25) is 12.4 Å². The van der Waals surface area contributed by atoms with E-state index in [0.717, 1.165) is 27.7 Å². The highest BCUT2D eigenvalue weighted by Gasteiger charge is 2.53. The van der Waals surface area contributed by atoms with Gasteiger partial charge in [-0.25, -0.2) is 0 Å². The third-order valence-corrected chi connectivity index (χ3v) is 4.92. The van der Waals surface area contributed by atoms with E-state index in [1.54, 1.807) is 0 Å². The molecule has 1 fully saturated rings. The zero-order valence-corrected chi connectivity index (χ0v) is 22.2. The van der Waals surface area contributed by atoms with Crippen LogP contribution in [0.1, 0.15) is 47.1 Å². The normalized spacial score (nSPS) is 22.1. The van der Waals surface area contributed by atoms with Crippen molar-refractivity contribution in [3.8, 4) is 11.5 Å². The molecular formula is C25H30O14. The molecule has 0 amide bonds. The van der Waals surface area contributed by atoms with Gasteiger partial charge in [-0.2, -0.15) is 0 Å². The Kier molecular flexibility index (Phi) is 11.2. The van der Waals surface area contributed by atoms with Gasteiger partial charge in [0.15, 0.2) is 12.2 Å². The van der Waals surface area contributed by atoms with Gasteiger partial charge in [-0.1, -0.05) is 0 Å². The van der Waals surface area contributed by atoms with Crippen LogP contribution in [0.25, 0.3) is 0 Å². The fraction of sp³-hybridized carbons (Fsp3) is 0.520. The van der Waals surface area contributed by atoms with E-state index in [1.165, 1.54) is 32.0 Å². The molecule has 1 aliphatic rings. The molecule has 0 spiro atoms. The Morgan fingerprint density at radius 1 is 0.692 bits per heavy atom. The van der Waals surface area contributed by atoms with E-state index in [9.17, 15) is 28.8 Å². The summed E-state index contributed by atoms with van der Waals surface area (Å²) in [7, 11) is 0. The van der Waals surface area contributed by atoms with Crippen molar-refractivity contribution in [3.63, 3.8) is 0 Å². The van der Waals surface area contributed by atoms with Crippen LogP contribution in [0.15, 0.2) is 18.2 Å². The average molecular weight is 555 g/mol. The molecule has 1 saturated heterocycles. The summed E-state index contributed by atoms with van der Waals surface area (Å²) < 4.78 is 43.1. The first-order chi connectivity index (χ1) is 18.3. The Bertz CT molecular complexity index is 1100. The Hall–Kier alpha value is -4.20. The first-order valence-corrected chi connectivity index (χ1v) is 11.7. The summed E-state index contributed by atoms with van der Waals surface area (Å²) in [6.45, 7) is 6.08. The second-order valence-electron chi connectivity index (χ2n) is 8.33. The lowest BCUT2D eigenvalue weighted by molar-refractivity contribution is -0.288. The minimum Gasteiger partial charge on any atom is -0.463 e. The number of benzene rings is 1. The number of hydrogen-bond acceptors (Lipinski definition) is 14. The summed E-state index contributed by atoms with van der Waals surface area (Å²) in [5.41, 5.74) is 0.233. The van der Waals surface area contributed by atoms with Crippen LogP contribution in [-0.4, -0.2) is 73.1 Å². The van der Waals surface area contributed by atoms with Crippen LogP contribution in [0.3, 0.4) is 0 Å². The smallest absolute Gasteiger partial charge is 0.308 e. The lowest BCUT2D eigenvalue weighted by Gasteiger charge is -2.44. The summed E-state index contributed by atoms with van der Waals surface area (Å²) in [6, 6.07) is 4.15. The molecule has 2 rings (SSSR count). The molecule has 1 aromatic carbocycles. The summed E-state index contributed by atoms with van der Waals surface area (Å²) in [5, 5.41) is 0. The maximum absolute atomic E-state index is 12.0. The third-order valence-electron chi connectivity index (χ3n) is 4.92. The second kappa shape index (κ2) is 14.1. The Labute approximate surface area is 223 Å². The highest BCUT2D eigenvalue weighted by atomic mass is 16.7. The summed E-state index contributed by atoms with van der Waals surface area (Å²) in [5.74, 6) is -4.09. The molecule has 1 aliphatic heterocycles. The minimum absolute atomic E-state index is 0.0491. The number of rotatable bonds is 10. The fourth-order valence-corrected chi connectivity index (χ4v) is 3.60. The minimum atomic E-state index is -1.51. The molecule has 0 N–H and O–H groups in total. The van der Waals surface area contributed by atoms with Crippen molar-refractivity contribution in [1.29, 1.82) is 0 Å². The quantitative estimate of drug-likeness (QED) is 0.228. The van der Waals surface area contributed by atoms with Gasteiger partial charge < -0.3 is 37.9 Å². The van der Waals surface area contributed by atoms with Gasteiger partial charge in [0.1, 0.15) is 30.8 Å². The van der Waals surface area contributed by atoms with Gasteiger partial charge in [-0.3, -0.25) is 28.8 Å². The van der Waals surface area contributed by atoms with Crippen molar-refractivity contribution < 1.29 is 66.7 Å². The van der Waals surface area contributed by atoms with Crippen molar-refractivity contribution in [2.75, 3.05) is 6.61 Å². The number of hydrogen-bond donors (Lipinski definition) is 0. The highest BCUT2D eigenvalue weighted by Crippen LogP contribution is 2.33. The topological polar surface area (TPSA) is 176 Å². The predicted octanol–water partition coefficient (Wildman–Crippen LogP) is 1.14. The summed E-state index contributed by atoms with van der Waals surface area (Å²) >= 11 is 0. The highest BCUT2D eigenvalue weighted by molar-refractivity contribution is 5.70. The Morgan fingerprint density at radius 2 is 1.26 bits per heavy atom. The third kappa shape index (κ3) is 9.89. The molecule has 214 valence electrons. The molecule has 14 nitrogen and oxygen atoms in total. The van der Waals surface area contributed by atoms with Crippen molar-refractivity contribution in [2.24, 2.45) is 0 Å². The van der Waals surface area contributed by atoms with Crippen LogP contribution in [0.5, 0.6) is 11.5 Å². The average Bonchev–Trinajstić information content (AvgIpc) is 2.80. The van der Waals surface area contributed by atoms with E-state index in [-0.39, 0.29) is 23.7 Å². The van der Waals surface area contributed by atoms with Crippen molar-refractivity contribution >= 4 is 35.8 Å². The van der Waals surface area contributed by atoms with Crippen LogP contribution < -0.4 is 9.47 Å². The van der Waals surface area contributed by atoms with E-state index in [4.69, 9.17) is 37.9 Å². The van der Waals surface area contributed by atoms with Crippen LogP contribution in [0.4, 0.5) is 0 Å². The Balaban J connectivity index is 2.55. The van der Waals surface area contributed by atoms with Crippen LogP contribution >= 0.6 is 0 Å². The molecule has 0 saturated carbocycles. The molecule has 1 aromatic rings. The Morgan fingerprint density at radius 3 is 1.79 bits per heavy atom. The molecule has 5 unspecified atom stereocenters. The number of esters is 6. The lowest BCUT2D eigenvalue weighted by atomic mass is 9.98. The molecule has 0 aromatic heterocycles. The molecule has 0 bridgehead atoms. The molecule has 0 aliphatic carbocycles. The van der Waals surface area contributed by atoms with E-state index < -0.39 is 73.1 Å². The van der Waals surface area contributed by atoms with Crippen molar-refractivity contribution in [3.05, 3.63) is 23.8 Å². The number of carbonyl (C=O) groups is 6. The maximum Gasteiger partial charge on any atom is 0.308 e. The van der Waals surface area contributed by atoms with Crippen LogP contribution in [-0.2, 0) is 63.8 Å². The molecular weight excluding hydrogens is 524 g/mol. The summed E-state index contributed by atoms with van der Waals surface area (Å²) in [4.78, 5) is 70.2. The van der Waals surface area contributed by atoms with E-state index in [2.05, 4.69) is 0 Å². The van der Waals surface area contributed by atoms with Crippen LogP contribution in [0, 0.1) is 0 Å². The maximum atomic E-state index is 12.0. The van der Waals surface area contributed by atoms with Crippen molar-refractivity contribution in [1.82, 2.24) is 0 Å². The van der Waals surface area contributed by atoms with Crippen molar-refractivity contribution in [2.45, 2.75) is 78.9 Å². The fourth-order valence-electron chi connectivity index (χ4n) is 3.60. The largest absolute Gasteiger partial charge is 0.463 e. The molecule has 39 heavy (non-hydrogen) atoms. The van der Waals surface area contributed by atoms with Gasteiger partial charge in [0.05, 0.1) is 0 Å². The SMILES string of the molecule is CC(=O)OCc1cc(OC(C)=O)ccc1OC1OC(COC(C)=O)C(OC(C)=O)C(OC(C)=O)C1OC(C)=O. The van der Waals surface area contributed by atoms with Gasteiger partial charge in [-0.05, 0) is 18.2 Å². The summed E-state index contributed by atoms with van der Waals surface area (Å²) in [6.07, 6.45) is -7.01. The van der Waals surface area contributed by atoms with Crippen LogP contribution in [0.2, 0.25) is 0 Å². The van der Waals surface area contributed by atoms with E-state index in [0.29, 0.717) is 0 Å². The zero-order valence-electron chi connectivity index (χ0n) is 22.2. The van der Waals surface area contributed by atoms with Gasteiger partial charge in [-0.15, -0.1) is 0 Å². The molecule has 1 heterocycles. The van der Waals surface area contributed by atoms with E-state index in [1.807, 2.05) is 0 Å². The first kappa shape index (κ1) is 31.0. The monoisotopic (exact) mass is 554 g/mol. The van der Waals surface area contributed by atoms with Gasteiger partial charge >= 0.3 is 35.8 Å². The second-order valence-corrected chi connectivity index (χ2v) is 8.33. The van der Waals surface area contributed by atoms with Gasteiger partial charge in [0.25, 0.3) is 0 Å². The first-order valence-electron chi connectivity index (χ1n) is 11.7. The molecule has 14 heteroatoms. The van der Waals surface area contributed by atoms with E-state index >= 15 is 0 Å². The number of ether oxygens (including phenoxy) is 8. The number of carbonyl (C=O) groups excluding carboxylic acids is 6. The molecule has 5 atom stereocenters. The zero-order chi connectivity index (χ0) is 29.3. The molecule has 0 radical (unpaired) electrons. The standard InChI is InChI=1S/C25H30O14/c1-12(26)32-10-18-9-19(34-14(3)28)7-8-20(18)38-25-24(37-17(6)31)23(36-16(5)30)22(35-15(4)29)21(39-25)11-33-13(2)27/h7-9,21-25H,10-11H2,1-6H3. The predicted molar refractivity (Wildman–Crippen MR) is 126 cm³/mol. The lowest BCUT2D eigenvalue weighted by Crippen LogP contribution is -2.63.